The molecule has 0 atom stereocenters. The van der Waals surface area contributed by atoms with Crippen LogP contribution in [0.25, 0.3) is 0 Å². The molecule has 0 heterocycles. The van der Waals surface area contributed by atoms with Crippen LogP contribution in [0.1, 0.15) is 27.7 Å². The molecule has 0 N–H and O–H groups in total. The molecular formula is C28H40Al2Cl2Zr2+4. The number of hydrogen-bond acceptors (Lipinski definition) is 0. The third kappa shape index (κ3) is 42.5. The molecule has 6 heteroatoms. The van der Waals surface area contributed by atoms with Gasteiger partial charge < -0.3 is 0 Å². The van der Waals surface area contributed by atoms with E-state index in [0.29, 0.717) is 0 Å². The van der Waals surface area contributed by atoms with Gasteiger partial charge in [-0.3, -0.25) is 20.1 Å². The van der Waals surface area contributed by atoms with Crippen LogP contribution in [0.5, 0.6) is 0 Å². The van der Waals surface area contributed by atoms with Gasteiger partial charge in [0.1, 0.15) is 0 Å². The Kier molecular flexibility index (Phi) is 53.4. The standard InChI is InChI=1S/4C5H5.4C2H5.2Al.2ClH.2Zr/c4*1-2-4-5-3-1;4*1-2;;;;;;/h4*1-5H;4*1H2,2H3;;;2*1H;;/q;;;;;;;;2*+1;;;2*+2/p-2. The van der Waals surface area contributed by atoms with Crippen LogP contribution in [0, 0.1) is 128 Å². The van der Waals surface area contributed by atoms with Crippen LogP contribution in [-0.2, 0) is 52.4 Å². The van der Waals surface area contributed by atoms with Gasteiger partial charge in [-0.05, 0) is 128 Å². The van der Waals surface area contributed by atoms with Crippen LogP contribution < -0.4 is 0 Å². The second-order valence-corrected chi connectivity index (χ2v) is 16.0. The van der Waals surface area contributed by atoms with E-state index in [1.165, 1.54) is 21.1 Å². The quantitative estimate of drug-likeness (QED) is 0.261. The van der Waals surface area contributed by atoms with E-state index in [1.807, 2.05) is 128 Å². The maximum Gasteiger partial charge on any atom is 2.00 e. The van der Waals surface area contributed by atoms with E-state index >= 15 is 0 Å². The summed E-state index contributed by atoms with van der Waals surface area (Å²) in [6, 6.07) is 0. The summed E-state index contributed by atoms with van der Waals surface area (Å²) in [5.74, 6) is 0. The van der Waals surface area contributed by atoms with Crippen LogP contribution in [-0.4, -0.2) is 26.5 Å². The van der Waals surface area contributed by atoms with Crippen molar-refractivity contribution in [3.8, 4) is 0 Å². The van der Waals surface area contributed by atoms with E-state index in [-0.39, 0.29) is 52.4 Å². The maximum atomic E-state index is 5.79. The van der Waals surface area contributed by atoms with Crippen molar-refractivity contribution in [3.05, 3.63) is 128 Å². The van der Waals surface area contributed by atoms with Crippen molar-refractivity contribution in [2.45, 2.75) is 48.8 Å². The molecule has 4 rings (SSSR count). The summed E-state index contributed by atoms with van der Waals surface area (Å²) in [5.41, 5.74) is 0. The van der Waals surface area contributed by atoms with E-state index in [0.717, 1.165) is 0 Å². The zero-order chi connectivity index (χ0) is 24.1. The van der Waals surface area contributed by atoms with Crippen molar-refractivity contribution in [3.63, 3.8) is 0 Å². The first-order valence-corrected chi connectivity index (χ1v) is 18.3. The van der Waals surface area contributed by atoms with Crippen molar-refractivity contribution in [2.24, 2.45) is 0 Å². The summed E-state index contributed by atoms with van der Waals surface area (Å²) in [7, 11) is 11.6. The third-order valence-corrected chi connectivity index (χ3v) is 11.2. The van der Waals surface area contributed by atoms with Crippen molar-refractivity contribution in [1.82, 2.24) is 0 Å². The largest absolute Gasteiger partial charge is 2.00 e. The summed E-state index contributed by atoms with van der Waals surface area (Å²) in [6.07, 6.45) is 40.0. The normalized spacial score (nSPS) is 17.1. The first kappa shape index (κ1) is 44.4. The predicted octanol–water partition coefficient (Wildman–Crippen LogP) is 8.59. The van der Waals surface area contributed by atoms with Crippen molar-refractivity contribution in [2.75, 3.05) is 0 Å². The van der Waals surface area contributed by atoms with Crippen LogP contribution in [0.3, 0.4) is 0 Å². The van der Waals surface area contributed by atoms with Crippen molar-refractivity contribution < 1.29 is 52.4 Å². The average molecular weight is 684 g/mol. The predicted molar refractivity (Wildman–Crippen MR) is 151 cm³/mol. The first-order valence-electron chi connectivity index (χ1n) is 11.6. The van der Waals surface area contributed by atoms with Gasteiger partial charge in [0.05, 0.1) is 0 Å². The third-order valence-electron chi connectivity index (χ3n) is 3.99. The Bertz CT molecular complexity index is 222. The van der Waals surface area contributed by atoms with Crippen molar-refractivity contribution >= 4 is 46.6 Å². The minimum absolute atomic E-state index is 0. The van der Waals surface area contributed by atoms with Gasteiger partial charge in [0.2, 0.25) is 0 Å². The Morgan fingerprint density at radius 1 is 0.324 bits per heavy atom. The van der Waals surface area contributed by atoms with Gasteiger partial charge in [-0.15, -0.1) is 0 Å². The van der Waals surface area contributed by atoms with Gasteiger partial charge >= 0.3 is 78.9 Å². The van der Waals surface area contributed by atoms with E-state index in [4.69, 9.17) is 20.1 Å². The van der Waals surface area contributed by atoms with Gasteiger partial charge in [-0.2, -0.15) is 0 Å². The molecule has 0 saturated heterocycles. The van der Waals surface area contributed by atoms with E-state index in [1.54, 1.807) is 0 Å². The Morgan fingerprint density at radius 3 is 0.441 bits per heavy atom. The van der Waals surface area contributed by atoms with E-state index < -0.39 is 26.5 Å². The molecule has 20 radical (unpaired) electrons. The monoisotopic (exact) mass is 680 g/mol. The summed E-state index contributed by atoms with van der Waals surface area (Å²) >= 11 is -1.38. The number of halogens is 2. The topological polar surface area (TPSA) is 0 Å². The SMILES string of the molecule is C[CH2][Al]([Cl])[CH2]C.C[CH2][Al]([Cl])[CH2]C.[CH]1[CH][CH][CH][CH]1.[CH]1[CH][CH][CH][CH]1.[CH]1[CH][CH][CH][CH]1.[CH]1[CH][CH][CH][CH]1.[Zr+2].[Zr+2]. The van der Waals surface area contributed by atoms with Crippen LogP contribution in [0.2, 0.25) is 21.1 Å². The average Bonchev–Trinajstić information content (AvgIpc) is 3.70. The van der Waals surface area contributed by atoms with Crippen molar-refractivity contribution in [1.29, 1.82) is 0 Å². The molecule has 34 heavy (non-hydrogen) atoms. The Balaban J connectivity index is -0.000000157. The molecule has 176 valence electrons. The second kappa shape index (κ2) is 40.9. The fraction of sp³-hybridized carbons (Fsp3) is 0.286. The molecule has 4 fully saturated rings. The smallest absolute Gasteiger partial charge is 0.261 e. The first-order chi connectivity index (χ1) is 15.6. The molecule has 0 amide bonds. The number of hydrogen-bond donors (Lipinski definition) is 0. The van der Waals surface area contributed by atoms with Gasteiger partial charge in [-0.25, -0.2) is 0 Å². The zero-order valence-electron chi connectivity index (χ0n) is 21.3. The fourth-order valence-electron chi connectivity index (χ4n) is 1.86. The maximum absolute atomic E-state index is 5.79. The molecule has 0 bridgehead atoms. The number of rotatable bonds is 4. The molecule has 0 aromatic rings. The molecule has 0 nitrogen and oxygen atoms in total. The Labute approximate surface area is 273 Å². The van der Waals surface area contributed by atoms with E-state index in [9.17, 15) is 0 Å². The second-order valence-electron chi connectivity index (χ2n) is 6.68. The van der Waals surface area contributed by atoms with Crippen LogP contribution >= 0.6 is 20.1 Å². The minimum Gasteiger partial charge on any atom is -0.261 e. The molecule has 0 aliphatic heterocycles. The zero-order valence-corrected chi connectivity index (χ0v) is 30.0. The molecule has 4 saturated carbocycles. The molecule has 0 aromatic heterocycles. The molecular weight excluding hydrogens is 644 g/mol. The molecule has 0 unspecified atom stereocenters. The van der Waals surface area contributed by atoms with Crippen LogP contribution in [0.15, 0.2) is 0 Å². The molecule has 4 aliphatic rings. The van der Waals surface area contributed by atoms with Gasteiger partial charge in [0, 0.05) is 0 Å². The van der Waals surface area contributed by atoms with Gasteiger partial charge in [0.15, 0.2) is 0 Å². The van der Waals surface area contributed by atoms with Gasteiger partial charge in [0.25, 0.3) is 0 Å². The summed E-state index contributed by atoms with van der Waals surface area (Å²) < 4.78 is 0. The summed E-state index contributed by atoms with van der Waals surface area (Å²) in [5, 5.41) is 4.94. The van der Waals surface area contributed by atoms with Crippen LogP contribution in [0.4, 0.5) is 0 Å². The Hall–Kier alpha value is 3.41. The minimum atomic E-state index is -0.688. The molecule has 4 aliphatic carbocycles. The molecule has 0 spiro atoms. The summed E-state index contributed by atoms with van der Waals surface area (Å²) in [4.78, 5) is 0. The van der Waals surface area contributed by atoms with Gasteiger partial charge in [-0.1, -0.05) is 48.8 Å². The molecule has 0 aromatic carbocycles. The summed E-state index contributed by atoms with van der Waals surface area (Å²) in [6.45, 7) is 8.64. The Morgan fingerprint density at radius 2 is 0.412 bits per heavy atom. The van der Waals surface area contributed by atoms with E-state index in [2.05, 4.69) is 27.7 Å². The fourth-order valence-corrected chi connectivity index (χ4v) is 3.02.